The second kappa shape index (κ2) is 10.9. The predicted octanol–water partition coefficient (Wildman–Crippen LogP) is 3.84. The molecule has 168 valence electrons. The quantitative estimate of drug-likeness (QED) is 0.493. The summed E-state index contributed by atoms with van der Waals surface area (Å²) in [6, 6.07) is 14.1. The molecule has 0 amide bonds. The van der Waals surface area contributed by atoms with Gasteiger partial charge in [0.1, 0.15) is 5.75 Å². The number of methoxy groups -OCH3 is 2. The molecule has 0 atom stereocenters. The lowest BCUT2D eigenvalue weighted by atomic mass is 9.74. The zero-order valence-corrected chi connectivity index (χ0v) is 18.9. The molecule has 7 nitrogen and oxygen atoms in total. The van der Waals surface area contributed by atoms with Gasteiger partial charge in [-0.15, -0.1) is 0 Å². The Kier molecular flexibility index (Phi) is 8.00. The van der Waals surface area contributed by atoms with E-state index in [4.69, 9.17) is 18.9 Å². The van der Waals surface area contributed by atoms with Crippen molar-refractivity contribution in [1.82, 2.24) is 5.32 Å². The summed E-state index contributed by atoms with van der Waals surface area (Å²) < 4.78 is 22.0. The predicted molar refractivity (Wildman–Crippen MR) is 124 cm³/mol. The van der Waals surface area contributed by atoms with Crippen LogP contribution in [0.5, 0.6) is 17.2 Å². The molecule has 1 aliphatic heterocycles. The van der Waals surface area contributed by atoms with Crippen molar-refractivity contribution in [3.05, 3.63) is 48.0 Å². The average molecular weight is 428 g/mol. The van der Waals surface area contributed by atoms with Gasteiger partial charge in [-0.1, -0.05) is 12.1 Å². The van der Waals surface area contributed by atoms with Gasteiger partial charge in [0.2, 0.25) is 0 Å². The Labute approximate surface area is 184 Å². The lowest BCUT2D eigenvalue weighted by Crippen LogP contribution is -2.46. The summed E-state index contributed by atoms with van der Waals surface area (Å²) in [5, 5.41) is 6.85. The molecule has 2 aromatic carbocycles. The summed E-state index contributed by atoms with van der Waals surface area (Å²) in [6.07, 6.45) is 1.89. The van der Waals surface area contributed by atoms with Crippen molar-refractivity contribution in [1.29, 1.82) is 0 Å². The number of aliphatic imine (C=N–C) groups is 1. The number of rotatable bonds is 8. The summed E-state index contributed by atoms with van der Waals surface area (Å²) >= 11 is 0. The van der Waals surface area contributed by atoms with Crippen LogP contribution in [0.4, 0.5) is 5.69 Å². The van der Waals surface area contributed by atoms with Crippen LogP contribution in [0.3, 0.4) is 0 Å². The van der Waals surface area contributed by atoms with E-state index in [1.165, 1.54) is 5.56 Å². The van der Waals surface area contributed by atoms with Crippen molar-refractivity contribution >= 4 is 11.6 Å². The Morgan fingerprint density at radius 1 is 1.03 bits per heavy atom. The summed E-state index contributed by atoms with van der Waals surface area (Å²) in [5.74, 6) is 2.95. The molecular formula is C24H33N3O4. The monoisotopic (exact) mass is 427 g/mol. The van der Waals surface area contributed by atoms with E-state index in [9.17, 15) is 0 Å². The molecule has 0 bridgehead atoms. The highest BCUT2D eigenvalue weighted by molar-refractivity contribution is 5.93. The Hall–Kier alpha value is -2.93. The van der Waals surface area contributed by atoms with Crippen LogP contribution >= 0.6 is 0 Å². The zero-order valence-electron chi connectivity index (χ0n) is 18.9. The van der Waals surface area contributed by atoms with Gasteiger partial charge >= 0.3 is 0 Å². The molecule has 31 heavy (non-hydrogen) atoms. The van der Waals surface area contributed by atoms with E-state index in [-0.39, 0.29) is 5.41 Å². The Morgan fingerprint density at radius 3 is 2.35 bits per heavy atom. The van der Waals surface area contributed by atoms with E-state index in [0.717, 1.165) is 44.0 Å². The van der Waals surface area contributed by atoms with Gasteiger partial charge in [0.25, 0.3) is 0 Å². The van der Waals surface area contributed by atoms with E-state index in [1.807, 2.05) is 37.3 Å². The molecule has 0 aromatic heterocycles. The summed E-state index contributed by atoms with van der Waals surface area (Å²) in [6.45, 7) is 4.90. The molecule has 1 aliphatic rings. The van der Waals surface area contributed by atoms with Crippen LogP contribution in [0.15, 0.2) is 47.5 Å². The lowest BCUT2D eigenvalue weighted by molar-refractivity contribution is 0.0514. The Balaban J connectivity index is 1.73. The number of benzene rings is 2. The topological polar surface area (TPSA) is 73.3 Å². The fourth-order valence-electron chi connectivity index (χ4n) is 3.88. The summed E-state index contributed by atoms with van der Waals surface area (Å²) in [5.41, 5.74) is 2.12. The lowest BCUT2D eigenvalue weighted by Gasteiger charge is -2.38. The van der Waals surface area contributed by atoms with Crippen molar-refractivity contribution in [2.75, 3.05) is 52.9 Å². The third-order valence-electron chi connectivity index (χ3n) is 5.69. The second-order valence-electron chi connectivity index (χ2n) is 7.47. The van der Waals surface area contributed by atoms with Crippen LogP contribution in [-0.4, -0.2) is 53.6 Å². The zero-order chi connectivity index (χ0) is 22.1. The molecule has 1 heterocycles. The first-order valence-electron chi connectivity index (χ1n) is 10.6. The standard InChI is InChI=1S/C24H33N3O4/c1-5-31-20-9-6-18(7-10-20)24(12-14-30-15-13-24)17-26-23(25-2)27-19-8-11-21(28-3)22(16-19)29-4/h6-11,16H,5,12-15,17H2,1-4H3,(H2,25,26,27). The second-order valence-corrected chi connectivity index (χ2v) is 7.47. The van der Waals surface area contributed by atoms with E-state index < -0.39 is 0 Å². The summed E-state index contributed by atoms with van der Waals surface area (Å²) in [4.78, 5) is 4.40. The largest absolute Gasteiger partial charge is 0.494 e. The van der Waals surface area contributed by atoms with Gasteiger partial charge in [-0.25, -0.2) is 0 Å². The molecule has 2 aromatic rings. The first-order valence-corrected chi connectivity index (χ1v) is 10.6. The first-order chi connectivity index (χ1) is 15.1. The fourth-order valence-corrected chi connectivity index (χ4v) is 3.88. The van der Waals surface area contributed by atoms with Gasteiger partial charge in [0.15, 0.2) is 17.5 Å². The first kappa shape index (κ1) is 22.7. The molecule has 0 spiro atoms. The number of guanidine groups is 1. The maximum Gasteiger partial charge on any atom is 0.195 e. The van der Waals surface area contributed by atoms with Gasteiger partial charge in [-0.05, 0) is 49.6 Å². The molecule has 0 aliphatic carbocycles. The summed E-state index contributed by atoms with van der Waals surface area (Å²) in [7, 11) is 5.02. The third-order valence-corrected chi connectivity index (χ3v) is 5.69. The Bertz CT molecular complexity index is 862. The van der Waals surface area contributed by atoms with Crippen molar-refractivity contribution in [2.45, 2.75) is 25.2 Å². The van der Waals surface area contributed by atoms with E-state index in [1.54, 1.807) is 21.3 Å². The van der Waals surface area contributed by atoms with Crippen LogP contribution in [0.2, 0.25) is 0 Å². The van der Waals surface area contributed by atoms with Crippen LogP contribution in [0, 0.1) is 0 Å². The maximum absolute atomic E-state index is 5.66. The molecular weight excluding hydrogens is 394 g/mol. The number of hydrogen-bond donors (Lipinski definition) is 2. The maximum atomic E-state index is 5.66. The van der Waals surface area contributed by atoms with Crippen molar-refractivity contribution in [3.63, 3.8) is 0 Å². The minimum atomic E-state index is -0.0296. The van der Waals surface area contributed by atoms with Crippen LogP contribution in [0.25, 0.3) is 0 Å². The van der Waals surface area contributed by atoms with E-state index >= 15 is 0 Å². The molecule has 7 heteroatoms. The normalized spacial score (nSPS) is 15.8. The highest BCUT2D eigenvalue weighted by Crippen LogP contribution is 2.35. The highest BCUT2D eigenvalue weighted by Gasteiger charge is 2.34. The Morgan fingerprint density at radius 2 is 1.74 bits per heavy atom. The van der Waals surface area contributed by atoms with Crippen LogP contribution in [-0.2, 0) is 10.2 Å². The highest BCUT2D eigenvalue weighted by atomic mass is 16.5. The fraction of sp³-hybridized carbons (Fsp3) is 0.458. The number of hydrogen-bond acceptors (Lipinski definition) is 5. The SMILES string of the molecule is CCOc1ccc(C2(CNC(=NC)Nc3ccc(OC)c(OC)c3)CCOCC2)cc1. The van der Waals surface area contributed by atoms with Crippen LogP contribution in [0.1, 0.15) is 25.3 Å². The molecule has 2 N–H and O–H groups in total. The minimum Gasteiger partial charge on any atom is -0.494 e. The molecule has 1 fully saturated rings. The van der Waals surface area contributed by atoms with Crippen molar-refractivity contribution < 1.29 is 18.9 Å². The van der Waals surface area contributed by atoms with Gasteiger partial charge < -0.3 is 29.6 Å². The van der Waals surface area contributed by atoms with Gasteiger partial charge in [-0.3, -0.25) is 4.99 Å². The number of nitrogens with one attached hydrogen (secondary N) is 2. The molecule has 0 saturated carbocycles. The number of ether oxygens (including phenoxy) is 4. The number of anilines is 1. The molecule has 3 rings (SSSR count). The van der Waals surface area contributed by atoms with Gasteiger partial charge in [0, 0.05) is 44.0 Å². The van der Waals surface area contributed by atoms with E-state index in [2.05, 4.69) is 27.8 Å². The molecule has 0 unspecified atom stereocenters. The van der Waals surface area contributed by atoms with Crippen molar-refractivity contribution in [3.8, 4) is 17.2 Å². The van der Waals surface area contributed by atoms with Crippen LogP contribution < -0.4 is 24.8 Å². The molecule has 1 saturated heterocycles. The van der Waals surface area contributed by atoms with Gasteiger partial charge in [0.05, 0.1) is 20.8 Å². The van der Waals surface area contributed by atoms with Crippen molar-refractivity contribution in [2.24, 2.45) is 4.99 Å². The van der Waals surface area contributed by atoms with Gasteiger partial charge in [-0.2, -0.15) is 0 Å². The number of nitrogens with zero attached hydrogens (tertiary/aromatic N) is 1. The smallest absolute Gasteiger partial charge is 0.195 e. The third kappa shape index (κ3) is 5.61. The minimum absolute atomic E-state index is 0.0296. The van der Waals surface area contributed by atoms with E-state index in [0.29, 0.717) is 24.1 Å². The average Bonchev–Trinajstić information content (AvgIpc) is 2.82. The molecule has 0 radical (unpaired) electrons.